The van der Waals surface area contributed by atoms with Crippen molar-refractivity contribution in [2.75, 3.05) is 5.32 Å². The summed E-state index contributed by atoms with van der Waals surface area (Å²) in [6.45, 7) is 0. The molecule has 0 aliphatic rings. The van der Waals surface area contributed by atoms with Crippen molar-refractivity contribution in [2.45, 2.75) is 0 Å². The summed E-state index contributed by atoms with van der Waals surface area (Å²) in [5.41, 5.74) is 7.46. The molecular weight excluding hydrogens is 351 g/mol. The van der Waals surface area contributed by atoms with Gasteiger partial charge in [0.1, 0.15) is 10.8 Å². The van der Waals surface area contributed by atoms with Gasteiger partial charge in [0.25, 0.3) is 0 Å². The first-order valence-electron chi connectivity index (χ1n) is 5.29. The average Bonchev–Trinajstić information content (AvgIpc) is 2.33. The lowest BCUT2D eigenvalue weighted by molar-refractivity contribution is 0.628. The maximum atomic E-state index is 13.2. The van der Waals surface area contributed by atoms with E-state index >= 15 is 0 Å². The second-order valence-corrected chi connectivity index (χ2v) is 5.48. The van der Waals surface area contributed by atoms with Gasteiger partial charge in [-0.25, -0.2) is 4.39 Å². The number of hydrogen-bond acceptors (Lipinski definition) is 2. The summed E-state index contributed by atoms with van der Waals surface area (Å²) in [6.07, 6.45) is 0. The first kappa shape index (κ1) is 14.2. The predicted octanol–water partition coefficient (Wildman–Crippen LogP) is 4.62. The number of nitrogens with two attached hydrogens (primary N) is 1. The molecule has 2 nitrogen and oxygen atoms in total. The Hall–Kier alpha value is -1.17. The Balaban J connectivity index is 2.46. The molecule has 6 heteroatoms. The Labute approximate surface area is 128 Å². The molecule has 98 valence electrons. The van der Waals surface area contributed by atoms with Gasteiger partial charge in [0, 0.05) is 15.7 Å². The monoisotopic (exact) mass is 358 g/mol. The first-order valence-corrected chi connectivity index (χ1v) is 6.87. The molecule has 2 aromatic rings. The minimum absolute atomic E-state index is 0.238. The third-order valence-corrected chi connectivity index (χ3v) is 3.65. The number of benzene rings is 2. The highest BCUT2D eigenvalue weighted by Gasteiger charge is 2.11. The Morgan fingerprint density at radius 1 is 1.26 bits per heavy atom. The standard InChI is InChI=1S/C13H9BrClFN2S/c14-8-2-1-3-10(12(8)13(17)19)18-11-6-7(16)4-5-9(11)15/h1-6,18H,(H2,17,19). The first-order chi connectivity index (χ1) is 8.99. The molecule has 0 aliphatic heterocycles. The van der Waals surface area contributed by atoms with Crippen molar-refractivity contribution in [1.82, 2.24) is 0 Å². The van der Waals surface area contributed by atoms with Gasteiger partial charge in [-0.05, 0) is 46.3 Å². The molecule has 0 amide bonds. The second kappa shape index (κ2) is 5.86. The normalized spacial score (nSPS) is 10.3. The summed E-state index contributed by atoms with van der Waals surface area (Å²) in [6, 6.07) is 9.53. The molecule has 19 heavy (non-hydrogen) atoms. The Morgan fingerprint density at radius 2 is 2.00 bits per heavy atom. The third-order valence-electron chi connectivity index (χ3n) is 2.46. The number of thiocarbonyl (C=S) groups is 1. The fourth-order valence-corrected chi connectivity index (χ4v) is 2.71. The maximum absolute atomic E-state index is 13.2. The summed E-state index contributed by atoms with van der Waals surface area (Å²) < 4.78 is 14.0. The van der Waals surface area contributed by atoms with Crippen molar-refractivity contribution in [1.29, 1.82) is 0 Å². The summed E-state index contributed by atoms with van der Waals surface area (Å²) in [5, 5.41) is 3.45. The van der Waals surface area contributed by atoms with E-state index in [0.29, 0.717) is 22.0 Å². The maximum Gasteiger partial charge on any atom is 0.125 e. The lowest BCUT2D eigenvalue weighted by Crippen LogP contribution is -2.12. The molecule has 0 saturated heterocycles. The molecule has 0 bridgehead atoms. The number of rotatable bonds is 3. The van der Waals surface area contributed by atoms with Gasteiger partial charge in [0.05, 0.1) is 10.7 Å². The van der Waals surface area contributed by atoms with Crippen LogP contribution in [0, 0.1) is 5.82 Å². The van der Waals surface area contributed by atoms with Crippen LogP contribution in [0.2, 0.25) is 5.02 Å². The zero-order valence-electron chi connectivity index (χ0n) is 9.58. The molecule has 3 N–H and O–H groups in total. The molecule has 0 spiro atoms. The Morgan fingerprint density at radius 3 is 2.68 bits per heavy atom. The molecule has 0 saturated carbocycles. The van der Waals surface area contributed by atoms with E-state index in [9.17, 15) is 4.39 Å². The van der Waals surface area contributed by atoms with E-state index in [1.54, 1.807) is 6.07 Å². The van der Waals surface area contributed by atoms with Crippen LogP contribution in [0.25, 0.3) is 0 Å². The molecule has 0 aromatic heterocycles. The molecule has 0 heterocycles. The van der Waals surface area contributed by atoms with Gasteiger partial charge >= 0.3 is 0 Å². The lowest BCUT2D eigenvalue weighted by Gasteiger charge is -2.13. The van der Waals surface area contributed by atoms with E-state index in [0.717, 1.165) is 4.47 Å². The number of hydrogen-bond donors (Lipinski definition) is 2. The van der Waals surface area contributed by atoms with Crippen LogP contribution in [-0.4, -0.2) is 4.99 Å². The van der Waals surface area contributed by atoms with Gasteiger partial charge < -0.3 is 11.1 Å². The van der Waals surface area contributed by atoms with E-state index < -0.39 is 0 Å². The van der Waals surface area contributed by atoms with Crippen LogP contribution in [0.15, 0.2) is 40.9 Å². The van der Waals surface area contributed by atoms with Crippen LogP contribution >= 0.6 is 39.7 Å². The highest BCUT2D eigenvalue weighted by atomic mass is 79.9. The van der Waals surface area contributed by atoms with Crippen molar-refractivity contribution in [2.24, 2.45) is 5.73 Å². The van der Waals surface area contributed by atoms with E-state index in [-0.39, 0.29) is 10.8 Å². The Kier molecular flexibility index (Phi) is 4.39. The quantitative estimate of drug-likeness (QED) is 0.785. The molecule has 2 rings (SSSR count). The number of nitrogens with one attached hydrogen (secondary N) is 1. The van der Waals surface area contributed by atoms with Crippen LogP contribution < -0.4 is 11.1 Å². The van der Waals surface area contributed by atoms with Gasteiger partial charge in [-0.2, -0.15) is 0 Å². The predicted molar refractivity (Wildman–Crippen MR) is 84.7 cm³/mol. The zero-order valence-corrected chi connectivity index (χ0v) is 12.7. The lowest BCUT2D eigenvalue weighted by atomic mass is 10.1. The van der Waals surface area contributed by atoms with Gasteiger partial charge in [-0.15, -0.1) is 0 Å². The zero-order chi connectivity index (χ0) is 14.0. The number of anilines is 2. The van der Waals surface area contributed by atoms with E-state index in [4.69, 9.17) is 29.6 Å². The number of halogens is 3. The molecule has 0 fully saturated rings. The van der Waals surface area contributed by atoms with Crippen molar-refractivity contribution < 1.29 is 4.39 Å². The van der Waals surface area contributed by atoms with E-state index in [2.05, 4.69) is 21.2 Å². The smallest absolute Gasteiger partial charge is 0.125 e. The molecule has 0 radical (unpaired) electrons. The van der Waals surface area contributed by atoms with Gasteiger partial charge in [-0.3, -0.25) is 0 Å². The molecule has 0 aliphatic carbocycles. The Bertz CT molecular complexity index is 649. The minimum atomic E-state index is -0.376. The van der Waals surface area contributed by atoms with Crippen LogP contribution in [0.4, 0.5) is 15.8 Å². The van der Waals surface area contributed by atoms with Crippen molar-refractivity contribution in [3.8, 4) is 0 Å². The fourth-order valence-electron chi connectivity index (χ4n) is 1.62. The van der Waals surface area contributed by atoms with Crippen LogP contribution in [0.3, 0.4) is 0 Å². The SMILES string of the molecule is NC(=S)c1c(Br)cccc1Nc1cc(F)ccc1Cl. The van der Waals surface area contributed by atoms with Crippen LogP contribution in [0.1, 0.15) is 5.56 Å². The van der Waals surface area contributed by atoms with Gasteiger partial charge in [0.2, 0.25) is 0 Å². The third kappa shape index (κ3) is 3.23. The fraction of sp³-hybridized carbons (Fsp3) is 0. The van der Waals surface area contributed by atoms with Gasteiger partial charge in [0.15, 0.2) is 0 Å². The van der Waals surface area contributed by atoms with Crippen LogP contribution in [-0.2, 0) is 0 Å². The summed E-state index contributed by atoms with van der Waals surface area (Å²) in [5.74, 6) is -0.376. The summed E-state index contributed by atoms with van der Waals surface area (Å²) in [7, 11) is 0. The van der Waals surface area contributed by atoms with Crippen molar-refractivity contribution >= 4 is 56.1 Å². The van der Waals surface area contributed by atoms with E-state index in [1.807, 2.05) is 12.1 Å². The molecule has 2 aromatic carbocycles. The van der Waals surface area contributed by atoms with Crippen molar-refractivity contribution in [3.05, 3.63) is 57.3 Å². The summed E-state index contributed by atoms with van der Waals surface area (Å²) >= 11 is 14.4. The average molecular weight is 360 g/mol. The second-order valence-electron chi connectivity index (χ2n) is 3.78. The summed E-state index contributed by atoms with van der Waals surface area (Å²) in [4.78, 5) is 0.238. The van der Waals surface area contributed by atoms with E-state index in [1.165, 1.54) is 18.2 Å². The minimum Gasteiger partial charge on any atom is -0.389 e. The van der Waals surface area contributed by atoms with Gasteiger partial charge in [-0.1, -0.05) is 29.9 Å². The molecular formula is C13H9BrClFN2S. The molecule has 0 unspecified atom stereocenters. The highest BCUT2D eigenvalue weighted by Crippen LogP contribution is 2.31. The van der Waals surface area contributed by atoms with Crippen molar-refractivity contribution in [3.63, 3.8) is 0 Å². The largest absolute Gasteiger partial charge is 0.389 e. The molecule has 0 atom stereocenters. The highest BCUT2D eigenvalue weighted by molar-refractivity contribution is 9.10. The topological polar surface area (TPSA) is 38.0 Å². The van der Waals surface area contributed by atoms with Crippen LogP contribution in [0.5, 0.6) is 0 Å².